The van der Waals surface area contributed by atoms with Crippen LogP contribution in [-0.2, 0) is 9.59 Å². The van der Waals surface area contributed by atoms with Gasteiger partial charge in [-0.05, 0) is 31.5 Å². The molecule has 1 N–H and O–H groups in total. The quantitative estimate of drug-likeness (QED) is 0.415. The van der Waals surface area contributed by atoms with E-state index in [4.69, 9.17) is 0 Å². The largest absolute Gasteiger partial charge is 0.507 e. The molecule has 5 nitrogen and oxygen atoms in total. The van der Waals surface area contributed by atoms with Crippen molar-refractivity contribution >= 4 is 23.3 Å². The number of aromatic nitrogens is 1. The van der Waals surface area contributed by atoms with Crippen LogP contribution in [0.15, 0.2) is 78.5 Å². The summed E-state index contributed by atoms with van der Waals surface area (Å²) >= 11 is 0. The summed E-state index contributed by atoms with van der Waals surface area (Å²) in [6.07, 6.45) is 1.57. The van der Waals surface area contributed by atoms with Crippen molar-refractivity contribution in [1.29, 1.82) is 0 Å². The number of hydrogen-bond acceptors (Lipinski definition) is 4. The van der Waals surface area contributed by atoms with Crippen molar-refractivity contribution in [1.82, 2.24) is 4.98 Å². The second kappa shape index (κ2) is 7.36. The molecule has 1 saturated heterocycles. The summed E-state index contributed by atoms with van der Waals surface area (Å²) in [5.41, 5.74) is 3.38. The third-order valence-electron chi connectivity index (χ3n) is 5.06. The number of aliphatic hydroxyl groups excluding tert-OH is 1. The van der Waals surface area contributed by atoms with Gasteiger partial charge in [-0.2, -0.15) is 0 Å². The lowest BCUT2D eigenvalue weighted by atomic mass is 9.94. The Hall–Kier alpha value is -3.73. The minimum atomic E-state index is -0.758. The molecule has 0 spiro atoms. The van der Waals surface area contributed by atoms with Crippen molar-refractivity contribution in [3.05, 3.63) is 101 Å². The van der Waals surface area contributed by atoms with E-state index < -0.39 is 17.7 Å². The van der Waals surface area contributed by atoms with Crippen LogP contribution in [0, 0.1) is 13.8 Å². The van der Waals surface area contributed by atoms with E-state index in [1.54, 1.807) is 36.5 Å². The monoisotopic (exact) mass is 384 g/mol. The fraction of sp³-hybridized carbons (Fsp3) is 0.125. The summed E-state index contributed by atoms with van der Waals surface area (Å²) in [7, 11) is 0. The molecule has 1 amide bonds. The Morgan fingerprint density at radius 1 is 0.897 bits per heavy atom. The van der Waals surface area contributed by atoms with Gasteiger partial charge in [-0.3, -0.25) is 14.5 Å². The molecule has 1 aromatic heterocycles. The van der Waals surface area contributed by atoms with Crippen LogP contribution in [0.25, 0.3) is 5.76 Å². The number of nitrogens with zero attached hydrogens (tertiary/aromatic N) is 2. The van der Waals surface area contributed by atoms with Crippen LogP contribution in [0.1, 0.15) is 28.3 Å². The Bertz CT molecular complexity index is 1100. The molecule has 4 rings (SSSR count). The standard InChI is InChI=1S/C24H20N2O3/c1-15-6-10-17(11-7-15)21-20(22(27)18-12-8-16(2)9-13-18)23(28)24(29)26(21)19-5-3-4-14-25-19/h3-14,21,27H,1-2H3. The first-order chi connectivity index (χ1) is 14.0. The molecule has 144 valence electrons. The van der Waals surface area contributed by atoms with Crippen LogP contribution in [0.2, 0.25) is 0 Å². The molecule has 1 atom stereocenters. The number of amides is 1. The van der Waals surface area contributed by atoms with Gasteiger partial charge in [0.1, 0.15) is 11.6 Å². The molecule has 0 aliphatic carbocycles. The molecule has 0 radical (unpaired) electrons. The molecule has 0 saturated carbocycles. The Kier molecular flexibility index (Phi) is 4.72. The highest BCUT2D eigenvalue weighted by molar-refractivity contribution is 6.51. The van der Waals surface area contributed by atoms with Gasteiger partial charge < -0.3 is 5.11 Å². The maximum Gasteiger partial charge on any atom is 0.301 e. The van der Waals surface area contributed by atoms with Gasteiger partial charge in [0.25, 0.3) is 5.78 Å². The third kappa shape index (κ3) is 3.31. The molecule has 0 bridgehead atoms. The number of ketones is 1. The molecule has 1 fully saturated rings. The predicted octanol–water partition coefficient (Wildman–Crippen LogP) is 4.32. The van der Waals surface area contributed by atoms with Crippen LogP contribution >= 0.6 is 0 Å². The molecule has 1 aliphatic heterocycles. The zero-order valence-corrected chi connectivity index (χ0v) is 16.2. The van der Waals surface area contributed by atoms with Gasteiger partial charge in [-0.15, -0.1) is 0 Å². The lowest BCUT2D eigenvalue weighted by Gasteiger charge is -2.24. The summed E-state index contributed by atoms with van der Waals surface area (Å²) < 4.78 is 0. The van der Waals surface area contributed by atoms with Crippen LogP contribution in [0.3, 0.4) is 0 Å². The molecular formula is C24H20N2O3. The second-order valence-corrected chi connectivity index (χ2v) is 7.13. The van der Waals surface area contributed by atoms with Crippen molar-refractivity contribution < 1.29 is 14.7 Å². The summed E-state index contributed by atoms with van der Waals surface area (Å²) in [4.78, 5) is 31.6. The maximum absolute atomic E-state index is 13.0. The van der Waals surface area contributed by atoms with Crippen LogP contribution < -0.4 is 4.90 Å². The van der Waals surface area contributed by atoms with Gasteiger partial charge >= 0.3 is 5.91 Å². The smallest absolute Gasteiger partial charge is 0.301 e. The first-order valence-corrected chi connectivity index (χ1v) is 9.33. The highest BCUT2D eigenvalue weighted by atomic mass is 16.3. The number of anilines is 1. The van der Waals surface area contributed by atoms with E-state index >= 15 is 0 Å². The maximum atomic E-state index is 13.0. The topological polar surface area (TPSA) is 70.5 Å². The third-order valence-corrected chi connectivity index (χ3v) is 5.06. The number of rotatable bonds is 3. The minimum absolute atomic E-state index is 0.0633. The molecule has 2 heterocycles. The summed E-state index contributed by atoms with van der Waals surface area (Å²) in [6, 6.07) is 19.2. The van der Waals surface area contributed by atoms with Crippen LogP contribution in [0.5, 0.6) is 0 Å². The number of aliphatic hydroxyl groups is 1. The summed E-state index contributed by atoms with van der Waals surface area (Å²) in [5, 5.41) is 11.0. The number of aryl methyl sites for hydroxylation is 2. The lowest BCUT2D eigenvalue weighted by Crippen LogP contribution is -2.30. The van der Waals surface area contributed by atoms with E-state index in [1.165, 1.54) is 4.90 Å². The summed E-state index contributed by atoms with van der Waals surface area (Å²) in [6.45, 7) is 3.90. The molecular weight excluding hydrogens is 364 g/mol. The number of Topliss-reactive ketones (excluding diaryl/α,β-unsaturated/α-hetero) is 1. The average molecular weight is 384 g/mol. The Labute approximate surface area is 169 Å². The van der Waals surface area contributed by atoms with E-state index in [0.717, 1.165) is 16.7 Å². The van der Waals surface area contributed by atoms with E-state index in [-0.39, 0.29) is 11.3 Å². The second-order valence-electron chi connectivity index (χ2n) is 7.13. The van der Waals surface area contributed by atoms with Gasteiger partial charge in [-0.1, -0.05) is 65.7 Å². The number of carbonyl (C=O) groups is 2. The number of hydrogen-bond donors (Lipinski definition) is 1. The Morgan fingerprint density at radius 2 is 1.52 bits per heavy atom. The molecule has 1 aliphatic rings. The average Bonchev–Trinajstić information content (AvgIpc) is 3.00. The number of carbonyl (C=O) groups excluding carboxylic acids is 2. The molecule has 1 unspecified atom stereocenters. The van der Waals surface area contributed by atoms with Crippen molar-refractivity contribution in [2.75, 3.05) is 4.90 Å². The highest BCUT2D eigenvalue weighted by Gasteiger charge is 2.47. The fourth-order valence-corrected chi connectivity index (χ4v) is 3.50. The molecule has 3 aromatic rings. The SMILES string of the molecule is Cc1ccc(C(O)=C2C(=O)C(=O)N(c3ccccn3)C2c2ccc(C)cc2)cc1. The van der Waals surface area contributed by atoms with E-state index in [2.05, 4.69) is 4.98 Å². The zero-order chi connectivity index (χ0) is 20.5. The normalized spacial score (nSPS) is 18.3. The number of pyridine rings is 1. The first kappa shape index (κ1) is 18.6. The fourth-order valence-electron chi connectivity index (χ4n) is 3.50. The van der Waals surface area contributed by atoms with Gasteiger partial charge in [0.15, 0.2) is 0 Å². The Morgan fingerprint density at radius 3 is 2.10 bits per heavy atom. The number of benzene rings is 2. The van der Waals surface area contributed by atoms with Gasteiger partial charge in [0.2, 0.25) is 0 Å². The molecule has 5 heteroatoms. The van der Waals surface area contributed by atoms with Crippen LogP contribution in [0.4, 0.5) is 5.82 Å². The first-order valence-electron chi connectivity index (χ1n) is 9.33. The minimum Gasteiger partial charge on any atom is -0.507 e. The molecule has 29 heavy (non-hydrogen) atoms. The summed E-state index contributed by atoms with van der Waals surface area (Å²) in [5.74, 6) is -1.25. The van der Waals surface area contributed by atoms with E-state index in [0.29, 0.717) is 11.4 Å². The van der Waals surface area contributed by atoms with Gasteiger partial charge in [-0.25, -0.2) is 4.98 Å². The van der Waals surface area contributed by atoms with E-state index in [1.807, 2.05) is 50.2 Å². The van der Waals surface area contributed by atoms with Crippen LogP contribution in [-0.4, -0.2) is 21.8 Å². The molecule has 2 aromatic carbocycles. The van der Waals surface area contributed by atoms with Crippen molar-refractivity contribution in [2.45, 2.75) is 19.9 Å². The zero-order valence-electron chi connectivity index (χ0n) is 16.2. The van der Waals surface area contributed by atoms with Crippen molar-refractivity contribution in [2.24, 2.45) is 0 Å². The van der Waals surface area contributed by atoms with E-state index in [9.17, 15) is 14.7 Å². The van der Waals surface area contributed by atoms with Gasteiger partial charge in [0, 0.05) is 11.8 Å². The van der Waals surface area contributed by atoms with Gasteiger partial charge in [0.05, 0.1) is 11.6 Å². The highest BCUT2D eigenvalue weighted by Crippen LogP contribution is 2.41. The van der Waals surface area contributed by atoms with Crippen molar-refractivity contribution in [3.8, 4) is 0 Å². The lowest BCUT2D eigenvalue weighted by molar-refractivity contribution is -0.132. The Balaban J connectivity index is 1.94. The predicted molar refractivity (Wildman–Crippen MR) is 111 cm³/mol. The van der Waals surface area contributed by atoms with Crippen molar-refractivity contribution in [3.63, 3.8) is 0 Å².